The van der Waals surface area contributed by atoms with Crippen molar-refractivity contribution in [3.05, 3.63) is 94.6 Å². The van der Waals surface area contributed by atoms with Gasteiger partial charge >= 0.3 is 238 Å². The molecule has 176 valence electrons. The van der Waals surface area contributed by atoms with E-state index < -0.39 is 0 Å². The monoisotopic (exact) mass is 672 g/mol. The van der Waals surface area contributed by atoms with Gasteiger partial charge in [-0.2, -0.15) is 0 Å². The van der Waals surface area contributed by atoms with E-state index in [0.29, 0.717) is 15.0 Å². The van der Waals surface area contributed by atoms with Gasteiger partial charge in [-0.15, -0.1) is 0 Å². The van der Waals surface area contributed by atoms with Crippen LogP contribution in [0.3, 0.4) is 0 Å². The minimum absolute atomic E-state index is 0.185. The van der Waals surface area contributed by atoms with Crippen LogP contribution in [-0.4, -0.2) is 51.6 Å². The standard InChI is InChI=1S/C31H21BN2Se3/c33-18-19-15-29-31-30(16-19)37-28-17-20(13-14-22(28)32(31)21-7-1-4-10-25(21)35-29)34-23-8-2-5-11-26(23)36-27-12-6-3-9-24(27)34/h1-2,4-5,7-8,10-11,13-17H,3,6,9,12H2. The molecule has 4 aromatic carbocycles. The Bertz CT molecular complexity index is 1700. The second-order valence-electron chi connectivity index (χ2n) is 9.88. The van der Waals surface area contributed by atoms with Crippen LogP contribution in [-0.2, 0) is 0 Å². The predicted molar refractivity (Wildman–Crippen MR) is 158 cm³/mol. The molecule has 8 rings (SSSR count). The SMILES string of the molecule is N#Cc1cc2c3c(c1)[Se]c1cc(N4C5=C(CCCC5)[Se]c5ccccc54)ccc1B3c1ccccc1[Se]2. The van der Waals surface area contributed by atoms with Gasteiger partial charge in [-0.1, -0.05) is 0 Å². The zero-order valence-corrected chi connectivity index (χ0v) is 25.2. The fraction of sp³-hybridized carbons (Fsp3) is 0.129. The first-order chi connectivity index (χ1) is 18.3. The molecule has 0 spiro atoms. The topological polar surface area (TPSA) is 27.0 Å². The molecule has 3 heterocycles. The van der Waals surface area contributed by atoms with E-state index in [-0.39, 0.29) is 36.6 Å². The molecule has 0 unspecified atom stereocenters. The molecule has 0 N–H and O–H groups in total. The Morgan fingerprint density at radius 2 is 1.43 bits per heavy atom. The summed E-state index contributed by atoms with van der Waals surface area (Å²) in [6, 6.07) is 32.2. The molecular weight excluding hydrogens is 648 g/mol. The molecule has 0 aromatic heterocycles. The van der Waals surface area contributed by atoms with E-state index in [4.69, 9.17) is 0 Å². The second-order valence-corrected chi connectivity index (χ2v) is 16.8. The summed E-state index contributed by atoms with van der Waals surface area (Å²) in [5, 5.41) is 9.80. The van der Waals surface area contributed by atoms with Crippen LogP contribution in [0, 0.1) is 11.3 Å². The van der Waals surface area contributed by atoms with E-state index in [1.54, 1.807) is 10.2 Å². The quantitative estimate of drug-likeness (QED) is 0.236. The first kappa shape index (κ1) is 22.5. The number of hydrogen-bond donors (Lipinski definition) is 0. The zero-order valence-electron chi connectivity index (χ0n) is 20.0. The van der Waals surface area contributed by atoms with E-state index in [0.717, 1.165) is 5.56 Å². The number of fused-ring (bicyclic) bond motifs is 5. The van der Waals surface area contributed by atoms with Crippen LogP contribution >= 0.6 is 0 Å². The molecule has 0 bridgehead atoms. The number of para-hydroxylation sites is 1. The summed E-state index contributed by atoms with van der Waals surface area (Å²) in [6.07, 6.45) is 5.05. The molecule has 0 amide bonds. The number of benzene rings is 4. The first-order valence-corrected chi connectivity index (χ1v) is 17.9. The van der Waals surface area contributed by atoms with Crippen molar-refractivity contribution in [1.29, 1.82) is 5.26 Å². The molecule has 6 heteroatoms. The molecule has 37 heavy (non-hydrogen) atoms. The van der Waals surface area contributed by atoms with E-state index in [2.05, 4.69) is 89.8 Å². The van der Waals surface area contributed by atoms with Crippen LogP contribution in [0.1, 0.15) is 31.2 Å². The average molecular weight is 669 g/mol. The normalized spacial score (nSPS) is 16.7. The van der Waals surface area contributed by atoms with Crippen molar-refractivity contribution < 1.29 is 0 Å². The number of rotatable bonds is 1. The summed E-state index contributed by atoms with van der Waals surface area (Å²) in [5.74, 6) is 0. The van der Waals surface area contributed by atoms with E-state index in [1.165, 1.54) is 75.8 Å². The summed E-state index contributed by atoms with van der Waals surface area (Å²) in [5.41, 5.74) is 9.51. The van der Waals surface area contributed by atoms with Gasteiger partial charge in [0, 0.05) is 0 Å². The molecule has 1 aliphatic carbocycles. The van der Waals surface area contributed by atoms with E-state index in [9.17, 15) is 5.26 Å². The predicted octanol–water partition coefficient (Wildman–Crippen LogP) is 0.278. The third-order valence-corrected chi connectivity index (χ3v) is 15.2. The molecule has 4 aliphatic rings. The molecule has 0 saturated heterocycles. The summed E-state index contributed by atoms with van der Waals surface area (Å²) < 4.78 is 8.95. The van der Waals surface area contributed by atoms with Gasteiger partial charge in [0.25, 0.3) is 0 Å². The van der Waals surface area contributed by atoms with Crippen LogP contribution < -0.4 is 43.6 Å². The second kappa shape index (κ2) is 8.79. The van der Waals surface area contributed by atoms with Crippen molar-refractivity contribution in [2.75, 3.05) is 4.90 Å². The summed E-state index contributed by atoms with van der Waals surface area (Å²) in [4.78, 5) is 2.59. The Hall–Kier alpha value is -2.47. The van der Waals surface area contributed by atoms with Crippen molar-refractivity contribution in [3.8, 4) is 6.07 Å². The van der Waals surface area contributed by atoms with Gasteiger partial charge in [-0.25, -0.2) is 0 Å². The number of allylic oxidation sites excluding steroid dienone is 2. The van der Waals surface area contributed by atoms with Crippen molar-refractivity contribution in [3.63, 3.8) is 0 Å². The van der Waals surface area contributed by atoms with Crippen molar-refractivity contribution in [2.45, 2.75) is 25.7 Å². The summed E-state index contributed by atoms with van der Waals surface area (Å²) in [6.45, 7) is 0.283. The molecule has 0 radical (unpaired) electrons. The van der Waals surface area contributed by atoms with Crippen molar-refractivity contribution in [2.24, 2.45) is 0 Å². The van der Waals surface area contributed by atoms with Gasteiger partial charge in [0.1, 0.15) is 0 Å². The third kappa shape index (κ3) is 3.51. The van der Waals surface area contributed by atoms with Gasteiger partial charge in [0.05, 0.1) is 0 Å². The Labute approximate surface area is 236 Å². The van der Waals surface area contributed by atoms with Gasteiger partial charge in [0.15, 0.2) is 0 Å². The number of hydrogen-bond acceptors (Lipinski definition) is 2. The number of nitrogens with zero attached hydrogens (tertiary/aromatic N) is 2. The van der Waals surface area contributed by atoms with Crippen molar-refractivity contribution in [1.82, 2.24) is 0 Å². The Balaban J connectivity index is 1.32. The van der Waals surface area contributed by atoms with Crippen LogP contribution in [0.25, 0.3) is 0 Å². The summed E-state index contributed by atoms with van der Waals surface area (Å²) in [7, 11) is 0. The Morgan fingerprint density at radius 3 is 2.30 bits per heavy atom. The fourth-order valence-electron chi connectivity index (χ4n) is 6.14. The fourth-order valence-corrected chi connectivity index (χ4v) is 14.2. The molecule has 0 atom stereocenters. The van der Waals surface area contributed by atoms with Gasteiger partial charge in [-0.3, -0.25) is 0 Å². The molecule has 0 fully saturated rings. The number of nitriles is 1. The van der Waals surface area contributed by atoms with Gasteiger partial charge in [-0.05, 0) is 0 Å². The Morgan fingerprint density at radius 1 is 0.703 bits per heavy atom. The zero-order chi connectivity index (χ0) is 24.5. The van der Waals surface area contributed by atoms with E-state index >= 15 is 0 Å². The maximum absolute atomic E-state index is 9.80. The van der Waals surface area contributed by atoms with Gasteiger partial charge in [0.2, 0.25) is 0 Å². The molecule has 0 saturated carbocycles. The van der Waals surface area contributed by atoms with E-state index in [1.807, 2.05) is 0 Å². The molecular formula is C31H21BN2Se3. The van der Waals surface area contributed by atoms with Crippen molar-refractivity contribution >= 4 is 102 Å². The van der Waals surface area contributed by atoms with Crippen LogP contribution in [0.15, 0.2) is 89.0 Å². The van der Waals surface area contributed by atoms with Crippen LogP contribution in [0.4, 0.5) is 11.4 Å². The molecule has 3 aliphatic heterocycles. The molecule has 4 aromatic rings. The molecule has 2 nitrogen and oxygen atoms in total. The van der Waals surface area contributed by atoms with Crippen LogP contribution in [0.2, 0.25) is 0 Å². The third-order valence-electron chi connectivity index (χ3n) is 7.76. The minimum atomic E-state index is 0.185. The van der Waals surface area contributed by atoms with Crippen LogP contribution in [0.5, 0.6) is 0 Å². The maximum atomic E-state index is 9.80. The first-order valence-electron chi connectivity index (χ1n) is 12.7. The van der Waals surface area contributed by atoms with Gasteiger partial charge < -0.3 is 0 Å². The number of anilines is 2. The average Bonchev–Trinajstić information content (AvgIpc) is 2.95. The summed E-state index contributed by atoms with van der Waals surface area (Å²) >= 11 is 0.877. The Kier molecular flexibility index (Phi) is 5.35.